The van der Waals surface area contributed by atoms with Crippen molar-refractivity contribution in [2.45, 2.75) is 45.3 Å². The highest BCUT2D eigenvalue weighted by atomic mass is 16.6. The minimum Gasteiger partial charge on any atom is -0.486 e. The lowest BCUT2D eigenvalue weighted by molar-refractivity contribution is 0.0652. The maximum absolute atomic E-state index is 6.25. The molecular weight excluding hydrogens is 226 g/mol. The van der Waals surface area contributed by atoms with Gasteiger partial charge in [-0.25, -0.2) is 0 Å². The van der Waals surface area contributed by atoms with Crippen LogP contribution in [0.15, 0.2) is 24.3 Å². The first-order chi connectivity index (χ1) is 8.74. The van der Waals surface area contributed by atoms with Gasteiger partial charge in [0, 0.05) is 6.04 Å². The van der Waals surface area contributed by atoms with E-state index in [1.165, 1.54) is 12.8 Å². The standard InChI is InChI=1S/C15H23NO2/c1-3-11(4-2)9-12(16)15-10-17-13-7-5-6-8-14(13)18-15/h5-8,11-12,15H,3-4,9-10,16H2,1-2H3. The fourth-order valence-corrected chi connectivity index (χ4v) is 2.41. The van der Waals surface area contributed by atoms with E-state index in [4.69, 9.17) is 15.2 Å². The third kappa shape index (κ3) is 2.96. The number of rotatable bonds is 5. The number of benzene rings is 1. The summed E-state index contributed by atoms with van der Waals surface area (Å²) in [6.07, 6.45) is 3.33. The molecule has 0 aromatic heterocycles. The van der Waals surface area contributed by atoms with E-state index < -0.39 is 0 Å². The van der Waals surface area contributed by atoms with Crippen molar-refractivity contribution < 1.29 is 9.47 Å². The second-order valence-electron chi connectivity index (χ2n) is 5.00. The van der Waals surface area contributed by atoms with Gasteiger partial charge in [-0.2, -0.15) is 0 Å². The van der Waals surface area contributed by atoms with Crippen LogP contribution in [0, 0.1) is 5.92 Å². The molecule has 1 aliphatic heterocycles. The summed E-state index contributed by atoms with van der Waals surface area (Å²) in [6.45, 7) is 4.99. The Bertz CT molecular complexity index is 377. The van der Waals surface area contributed by atoms with Gasteiger partial charge < -0.3 is 15.2 Å². The molecule has 3 heteroatoms. The van der Waals surface area contributed by atoms with Crippen LogP contribution in [-0.2, 0) is 0 Å². The molecule has 2 rings (SSSR count). The van der Waals surface area contributed by atoms with Crippen LogP contribution < -0.4 is 15.2 Å². The molecule has 0 saturated carbocycles. The lowest BCUT2D eigenvalue weighted by Crippen LogP contribution is -2.45. The first-order valence-electron chi connectivity index (χ1n) is 6.88. The Hall–Kier alpha value is -1.22. The maximum atomic E-state index is 6.25. The predicted octanol–water partition coefficient (Wildman–Crippen LogP) is 2.98. The smallest absolute Gasteiger partial charge is 0.161 e. The average Bonchev–Trinajstić information content (AvgIpc) is 2.44. The molecule has 0 spiro atoms. The van der Waals surface area contributed by atoms with Crippen LogP contribution in [0.4, 0.5) is 0 Å². The summed E-state index contributed by atoms with van der Waals surface area (Å²) in [7, 11) is 0. The van der Waals surface area contributed by atoms with Crippen LogP contribution in [0.2, 0.25) is 0 Å². The van der Waals surface area contributed by atoms with Gasteiger partial charge in [0.25, 0.3) is 0 Å². The number of nitrogens with two attached hydrogens (primary N) is 1. The lowest BCUT2D eigenvalue weighted by atomic mass is 9.92. The van der Waals surface area contributed by atoms with Gasteiger partial charge in [-0.05, 0) is 24.5 Å². The number of fused-ring (bicyclic) bond motifs is 1. The number of para-hydroxylation sites is 2. The van der Waals surface area contributed by atoms with E-state index in [1.54, 1.807) is 0 Å². The zero-order chi connectivity index (χ0) is 13.0. The summed E-state index contributed by atoms with van der Waals surface area (Å²) >= 11 is 0. The van der Waals surface area contributed by atoms with Crippen molar-refractivity contribution in [3.8, 4) is 11.5 Å². The van der Waals surface area contributed by atoms with Gasteiger partial charge in [0.15, 0.2) is 11.5 Å². The van der Waals surface area contributed by atoms with Crippen LogP contribution in [0.5, 0.6) is 11.5 Å². The predicted molar refractivity (Wildman–Crippen MR) is 73.0 cm³/mol. The molecule has 100 valence electrons. The molecule has 1 heterocycles. The molecule has 3 nitrogen and oxygen atoms in total. The quantitative estimate of drug-likeness (QED) is 0.872. The fraction of sp³-hybridized carbons (Fsp3) is 0.600. The Balaban J connectivity index is 1.96. The summed E-state index contributed by atoms with van der Waals surface area (Å²) in [5.74, 6) is 2.32. The molecule has 0 fully saturated rings. The third-order valence-electron chi connectivity index (χ3n) is 3.77. The summed E-state index contributed by atoms with van der Waals surface area (Å²) in [5.41, 5.74) is 6.25. The van der Waals surface area contributed by atoms with Gasteiger partial charge in [-0.1, -0.05) is 38.8 Å². The highest BCUT2D eigenvalue weighted by Crippen LogP contribution is 2.32. The second kappa shape index (κ2) is 6.10. The summed E-state index contributed by atoms with van der Waals surface area (Å²) < 4.78 is 11.6. The number of hydrogen-bond donors (Lipinski definition) is 1. The molecule has 2 N–H and O–H groups in total. The van der Waals surface area contributed by atoms with Crippen LogP contribution >= 0.6 is 0 Å². The Labute approximate surface area is 109 Å². The zero-order valence-electron chi connectivity index (χ0n) is 11.3. The molecule has 18 heavy (non-hydrogen) atoms. The van der Waals surface area contributed by atoms with Crippen LogP contribution in [0.1, 0.15) is 33.1 Å². The Morgan fingerprint density at radius 2 is 1.89 bits per heavy atom. The van der Waals surface area contributed by atoms with Gasteiger partial charge in [-0.3, -0.25) is 0 Å². The number of ether oxygens (including phenoxy) is 2. The van der Waals surface area contributed by atoms with E-state index >= 15 is 0 Å². The molecule has 0 radical (unpaired) electrons. The highest BCUT2D eigenvalue weighted by molar-refractivity contribution is 5.40. The van der Waals surface area contributed by atoms with Crippen molar-refractivity contribution in [1.29, 1.82) is 0 Å². The van der Waals surface area contributed by atoms with Gasteiger partial charge in [0.05, 0.1) is 0 Å². The molecular formula is C15H23NO2. The van der Waals surface area contributed by atoms with Crippen molar-refractivity contribution in [1.82, 2.24) is 0 Å². The minimum atomic E-state index is -0.0273. The Morgan fingerprint density at radius 3 is 2.56 bits per heavy atom. The van der Waals surface area contributed by atoms with Crippen LogP contribution in [0.3, 0.4) is 0 Å². The highest BCUT2D eigenvalue weighted by Gasteiger charge is 2.27. The largest absolute Gasteiger partial charge is 0.486 e. The topological polar surface area (TPSA) is 44.5 Å². The third-order valence-corrected chi connectivity index (χ3v) is 3.77. The van der Waals surface area contributed by atoms with Crippen molar-refractivity contribution in [3.63, 3.8) is 0 Å². The molecule has 1 aliphatic rings. The van der Waals surface area contributed by atoms with Crippen molar-refractivity contribution in [3.05, 3.63) is 24.3 Å². The molecule has 0 saturated heterocycles. The zero-order valence-corrected chi connectivity index (χ0v) is 11.3. The first-order valence-corrected chi connectivity index (χ1v) is 6.88. The lowest BCUT2D eigenvalue weighted by Gasteiger charge is -2.31. The van der Waals surface area contributed by atoms with Crippen molar-refractivity contribution in [2.75, 3.05) is 6.61 Å². The molecule has 2 atom stereocenters. The SMILES string of the molecule is CCC(CC)CC(N)C1COc2ccccc2O1. The first kappa shape index (κ1) is 13.2. The maximum Gasteiger partial charge on any atom is 0.161 e. The Morgan fingerprint density at radius 1 is 1.22 bits per heavy atom. The van der Waals surface area contributed by atoms with E-state index in [2.05, 4.69) is 13.8 Å². The monoisotopic (exact) mass is 249 g/mol. The van der Waals surface area contributed by atoms with Crippen molar-refractivity contribution >= 4 is 0 Å². The van der Waals surface area contributed by atoms with E-state index in [0.717, 1.165) is 17.9 Å². The summed E-state index contributed by atoms with van der Waals surface area (Å²) in [6, 6.07) is 7.82. The number of hydrogen-bond acceptors (Lipinski definition) is 3. The van der Waals surface area contributed by atoms with E-state index in [9.17, 15) is 0 Å². The van der Waals surface area contributed by atoms with E-state index in [1.807, 2.05) is 24.3 Å². The molecule has 0 bridgehead atoms. The second-order valence-corrected chi connectivity index (χ2v) is 5.00. The molecule has 0 aliphatic carbocycles. The molecule has 2 unspecified atom stereocenters. The molecule has 0 amide bonds. The minimum absolute atomic E-state index is 0.0273. The molecule has 1 aromatic carbocycles. The van der Waals surface area contributed by atoms with Crippen LogP contribution in [0.25, 0.3) is 0 Å². The van der Waals surface area contributed by atoms with Gasteiger partial charge in [0.1, 0.15) is 12.7 Å². The summed E-state index contributed by atoms with van der Waals surface area (Å²) in [5, 5.41) is 0. The normalized spacial score (nSPS) is 19.9. The van der Waals surface area contributed by atoms with Crippen molar-refractivity contribution in [2.24, 2.45) is 11.7 Å². The van der Waals surface area contributed by atoms with Gasteiger partial charge in [0.2, 0.25) is 0 Å². The Kier molecular flexibility index (Phi) is 4.48. The van der Waals surface area contributed by atoms with E-state index in [-0.39, 0.29) is 12.1 Å². The van der Waals surface area contributed by atoms with Crippen LogP contribution in [-0.4, -0.2) is 18.8 Å². The fourth-order valence-electron chi connectivity index (χ4n) is 2.41. The summed E-state index contributed by atoms with van der Waals surface area (Å²) in [4.78, 5) is 0. The van der Waals surface area contributed by atoms with Gasteiger partial charge in [-0.15, -0.1) is 0 Å². The van der Waals surface area contributed by atoms with Gasteiger partial charge >= 0.3 is 0 Å². The molecule has 1 aromatic rings. The average molecular weight is 249 g/mol. The van der Waals surface area contributed by atoms with E-state index in [0.29, 0.717) is 12.5 Å².